The molecule has 0 radical (unpaired) electrons. The molecule has 0 amide bonds. The Balaban J connectivity index is 1.48. The highest BCUT2D eigenvalue weighted by molar-refractivity contribution is 5.46. The summed E-state index contributed by atoms with van der Waals surface area (Å²) in [6.45, 7) is 4.69. The Morgan fingerprint density at radius 2 is 2.00 bits per heavy atom. The molecule has 2 heterocycles. The third-order valence-electron chi connectivity index (χ3n) is 4.02. The lowest BCUT2D eigenvalue weighted by Crippen LogP contribution is -2.25. The lowest BCUT2D eigenvalue weighted by atomic mass is 10.0. The van der Waals surface area contributed by atoms with Gasteiger partial charge in [-0.3, -0.25) is 0 Å². The molecule has 0 fully saturated rings. The van der Waals surface area contributed by atoms with Crippen LogP contribution in [0.3, 0.4) is 0 Å². The molecule has 0 saturated heterocycles. The van der Waals surface area contributed by atoms with Crippen LogP contribution >= 0.6 is 0 Å². The van der Waals surface area contributed by atoms with Crippen molar-refractivity contribution < 1.29 is 9.47 Å². The van der Waals surface area contributed by atoms with Gasteiger partial charge >= 0.3 is 0 Å². The molecule has 1 aromatic heterocycles. The summed E-state index contributed by atoms with van der Waals surface area (Å²) in [6.07, 6.45) is 2.49. The zero-order valence-corrected chi connectivity index (χ0v) is 13.6. The first kappa shape index (κ1) is 14.7. The third-order valence-corrected chi connectivity index (χ3v) is 4.02. The summed E-state index contributed by atoms with van der Waals surface area (Å²) in [5.74, 6) is 1.76. The summed E-state index contributed by atoms with van der Waals surface area (Å²) >= 11 is 0. The van der Waals surface area contributed by atoms with Crippen LogP contribution in [0.5, 0.6) is 11.5 Å². The van der Waals surface area contributed by atoms with Gasteiger partial charge in [0.15, 0.2) is 0 Å². The predicted molar refractivity (Wildman–Crippen MR) is 88.3 cm³/mol. The molecule has 122 valence electrons. The van der Waals surface area contributed by atoms with E-state index in [0.29, 0.717) is 6.61 Å². The van der Waals surface area contributed by atoms with Crippen molar-refractivity contribution in [1.29, 1.82) is 0 Å². The summed E-state index contributed by atoms with van der Waals surface area (Å²) < 4.78 is 13.6. The fourth-order valence-corrected chi connectivity index (χ4v) is 2.93. The van der Waals surface area contributed by atoms with Crippen LogP contribution in [0.4, 0.5) is 0 Å². The van der Waals surface area contributed by atoms with Crippen LogP contribution < -0.4 is 9.47 Å². The number of hydrogen-bond acceptors (Lipinski definition) is 5. The van der Waals surface area contributed by atoms with Crippen molar-refractivity contribution in [3.63, 3.8) is 0 Å². The molecule has 1 aliphatic heterocycles. The number of aromatic nitrogens is 4. The molecule has 0 atom stereocenters. The van der Waals surface area contributed by atoms with Gasteiger partial charge in [-0.15, -0.1) is 5.10 Å². The number of ether oxygens (including phenoxy) is 2. The lowest BCUT2D eigenvalue weighted by molar-refractivity contribution is 0.135. The van der Waals surface area contributed by atoms with Crippen molar-refractivity contribution in [2.75, 3.05) is 0 Å². The molecular weight excluding hydrogens is 304 g/mol. The van der Waals surface area contributed by atoms with Crippen molar-refractivity contribution in [1.82, 2.24) is 20.2 Å². The smallest absolute Gasteiger partial charge is 0.143 e. The second-order valence-electron chi connectivity index (χ2n) is 6.48. The zero-order valence-electron chi connectivity index (χ0n) is 13.6. The minimum Gasteiger partial charge on any atom is -0.489 e. The van der Waals surface area contributed by atoms with Gasteiger partial charge < -0.3 is 9.47 Å². The molecule has 0 saturated carbocycles. The van der Waals surface area contributed by atoms with E-state index < -0.39 is 0 Å². The summed E-state index contributed by atoms with van der Waals surface area (Å²) in [5, 5.41) is 11.1. The van der Waals surface area contributed by atoms with Gasteiger partial charge in [-0.25, -0.2) is 4.68 Å². The van der Waals surface area contributed by atoms with Crippen molar-refractivity contribution in [3.8, 4) is 17.2 Å². The Bertz CT molecular complexity index is 842. The van der Waals surface area contributed by atoms with Gasteiger partial charge in [-0.1, -0.05) is 18.2 Å². The number of tetrazole rings is 1. The molecular formula is C18H18N4O2. The molecule has 24 heavy (non-hydrogen) atoms. The van der Waals surface area contributed by atoms with Gasteiger partial charge in [0.2, 0.25) is 0 Å². The number of para-hydroxylation sites is 1. The molecule has 3 aromatic rings. The van der Waals surface area contributed by atoms with Gasteiger partial charge in [0, 0.05) is 12.0 Å². The molecule has 1 aliphatic rings. The Hall–Kier alpha value is -2.89. The first-order valence-corrected chi connectivity index (χ1v) is 7.87. The molecule has 0 bridgehead atoms. The minimum atomic E-state index is -0.147. The number of nitrogens with zero attached hydrogens (tertiary/aromatic N) is 4. The minimum absolute atomic E-state index is 0.147. The first-order chi connectivity index (χ1) is 11.6. The molecule has 2 aromatic carbocycles. The van der Waals surface area contributed by atoms with Crippen molar-refractivity contribution in [2.24, 2.45) is 0 Å². The molecule has 0 N–H and O–H groups in total. The van der Waals surface area contributed by atoms with E-state index in [4.69, 9.17) is 9.47 Å². The van der Waals surface area contributed by atoms with Crippen LogP contribution in [-0.4, -0.2) is 25.8 Å². The average Bonchev–Trinajstić information content (AvgIpc) is 3.19. The summed E-state index contributed by atoms with van der Waals surface area (Å²) in [7, 11) is 0. The standard InChI is InChI=1S/C18H18N4O2/c1-18(2)10-13-4-3-5-14(17(13)24-18)11-23-16-8-6-15(7-9-16)22-12-19-20-21-22/h3-9,12H,10-11H2,1-2H3. The second-order valence-corrected chi connectivity index (χ2v) is 6.48. The van der Waals surface area contributed by atoms with Crippen LogP contribution in [-0.2, 0) is 13.0 Å². The van der Waals surface area contributed by atoms with Gasteiger partial charge in [-0.2, -0.15) is 0 Å². The Morgan fingerprint density at radius 1 is 1.17 bits per heavy atom. The maximum absolute atomic E-state index is 6.08. The van der Waals surface area contributed by atoms with E-state index in [9.17, 15) is 0 Å². The summed E-state index contributed by atoms with van der Waals surface area (Å²) in [5.41, 5.74) is 3.06. The molecule has 0 aliphatic carbocycles. The van der Waals surface area contributed by atoms with E-state index in [0.717, 1.165) is 29.2 Å². The Morgan fingerprint density at radius 3 is 2.75 bits per heavy atom. The zero-order chi connectivity index (χ0) is 16.6. The maximum atomic E-state index is 6.08. The largest absolute Gasteiger partial charge is 0.489 e. The maximum Gasteiger partial charge on any atom is 0.143 e. The van der Waals surface area contributed by atoms with E-state index in [-0.39, 0.29) is 5.60 Å². The van der Waals surface area contributed by atoms with Crippen LogP contribution in [0, 0.1) is 0 Å². The average molecular weight is 322 g/mol. The SMILES string of the molecule is CC1(C)Cc2cccc(COc3ccc(-n4cnnn4)cc3)c2O1. The van der Waals surface area contributed by atoms with E-state index in [1.807, 2.05) is 24.3 Å². The van der Waals surface area contributed by atoms with E-state index in [2.05, 4.69) is 47.6 Å². The number of fused-ring (bicyclic) bond motifs is 1. The molecule has 6 nitrogen and oxygen atoms in total. The Kier molecular flexibility index (Phi) is 3.45. The van der Waals surface area contributed by atoms with Gasteiger partial charge in [0.05, 0.1) is 5.69 Å². The van der Waals surface area contributed by atoms with Crippen molar-refractivity contribution in [3.05, 3.63) is 59.9 Å². The molecule has 6 heteroatoms. The van der Waals surface area contributed by atoms with Crippen LogP contribution in [0.2, 0.25) is 0 Å². The number of rotatable bonds is 4. The van der Waals surface area contributed by atoms with E-state index in [1.165, 1.54) is 5.56 Å². The van der Waals surface area contributed by atoms with Crippen LogP contribution in [0.1, 0.15) is 25.0 Å². The van der Waals surface area contributed by atoms with Crippen molar-refractivity contribution in [2.45, 2.75) is 32.5 Å². The van der Waals surface area contributed by atoms with Gasteiger partial charge in [0.1, 0.15) is 30.0 Å². The first-order valence-electron chi connectivity index (χ1n) is 7.87. The molecule has 0 unspecified atom stereocenters. The quantitative estimate of drug-likeness (QED) is 0.739. The van der Waals surface area contributed by atoms with E-state index in [1.54, 1.807) is 11.0 Å². The Labute approximate surface area is 140 Å². The van der Waals surface area contributed by atoms with Crippen LogP contribution in [0.25, 0.3) is 5.69 Å². The highest BCUT2D eigenvalue weighted by Crippen LogP contribution is 2.37. The predicted octanol–water partition coefficient (Wildman–Crippen LogP) is 2.95. The monoisotopic (exact) mass is 322 g/mol. The van der Waals surface area contributed by atoms with Crippen molar-refractivity contribution >= 4 is 0 Å². The highest BCUT2D eigenvalue weighted by atomic mass is 16.5. The van der Waals surface area contributed by atoms with Crippen LogP contribution in [0.15, 0.2) is 48.8 Å². The number of benzene rings is 2. The summed E-state index contributed by atoms with van der Waals surface area (Å²) in [4.78, 5) is 0. The fraction of sp³-hybridized carbons (Fsp3) is 0.278. The number of hydrogen-bond donors (Lipinski definition) is 0. The lowest BCUT2D eigenvalue weighted by Gasteiger charge is -2.18. The highest BCUT2D eigenvalue weighted by Gasteiger charge is 2.31. The molecule has 4 rings (SSSR count). The van der Waals surface area contributed by atoms with Gasteiger partial charge in [0.25, 0.3) is 0 Å². The van der Waals surface area contributed by atoms with E-state index >= 15 is 0 Å². The van der Waals surface area contributed by atoms with Gasteiger partial charge in [-0.05, 0) is 54.1 Å². The fourth-order valence-electron chi connectivity index (χ4n) is 2.93. The third kappa shape index (κ3) is 2.82. The summed E-state index contributed by atoms with van der Waals surface area (Å²) in [6, 6.07) is 13.9. The topological polar surface area (TPSA) is 62.1 Å². The molecule has 0 spiro atoms. The second kappa shape index (κ2) is 5.63. The normalized spacial score (nSPS) is 14.9.